The summed E-state index contributed by atoms with van der Waals surface area (Å²) in [7, 11) is 1.58. The predicted molar refractivity (Wildman–Crippen MR) is 138 cm³/mol. The van der Waals surface area contributed by atoms with E-state index in [9.17, 15) is 9.59 Å². The zero-order valence-electron chi connectivity index (χ0n) is 20.0. The molecule has 0 aliphatic carbocycles. The zero-order chi connectivity index (χ0) is 24.6. The van der Waals surface area contributed by atoms with Crippen LogP contribution in [0.5, 0.6) is 11.5 Å². The summed E-state index contributed by atoms with van der Waals surface area (Å²) in [6, 6.07) is 23.5. The maximum atomic E-state index is 13.6. The Hall–Kier alpha value is -3.45. The van der Waals surface area contributed by atoms with Gasteiger partial charge < -0.3 is 19.7 Å². The van der Waals surface area contributed by atoms with Crippen molar-refractivity contribution in [1.29, 1.82) is 0 Å². The number of rotatable bonds is 8. The Morgan fingerprint density at radius 2 is 1.60 bits per heavy atom. The first-order valence-electron chi connectivity index (χ1n) is 11.7. The Balaban J connectivity index is 1.43. The lowest BCUT2D eigenvalue weighted by Gasteiger charge is -2.34. The van der Waals surface area contributed by atoms with Crippen molar-refractivity contribution in [1.82, 2.24) is 10.2 Å². The van der Waals surface area contributed by atoms with Crippen LogP contribution in [-0.4, -0.2) is 49.3 Å². The number of amides is 2. The molecule has 2 amide bonds. The number of ether oxygens (including phenoxy) is 2. The molecule has 0 unspecified atom stereocenters. The molecule has 0 radical (unpaired) electrons. The first-order chi connectivity index (χ1) is 17.1. The van der Waals surface area contributed by atoms with Crippen molar-refractivity contribution in [2.75, 3.05) is 26.5 Å². The molecule has 4 rings (SSSR count). The SMILES string of the molecule is COc1ccc(C(=O)N[C@@H](C(=O)N2CCC(Oc3ccccc3SC)CC2)c2ccccc2)cc1. The number of carbonyl (C=O) groups excluding carboxylic acids is 2. The monoisotopic (exact) mass is 490 g/mol. The molecule has 7 heteroatoms. The first-order valence-corrected chi connectivity index (χ1v) is 12.9. The summed E-state index contributed by atoms with van der Waals surface area (Å²) in [5, 5.41) is 2.95. The number of thioether (sulfide) groups is 1. The van der Waals surface area contributed by atoms with Crippen LogP contribution in [0.4, 0.5) is 0 Å². The van der Waals surface area contributed by atoms with E-state index in [4.69, 9.17) is 9.47 Å². The fourth-order valence-electron chi connectivity index (χ4n) is 4.16. The van der Waals surface area contributed by atoms with Crippen molar-refractivity contribution in [3.05, 3.63) is 90.0 Å². The molecular weight excluding hydrogens is 460 g/mol. The van der Waals surface area contributed by atoms with E-state index in [1.54, 1.807) is 43.1 Å². The molecule has 182 valence electrons. The molecule has 35 heavy (non-hydrogen) atoms. The van der Waals surface area contributed by atoms with Gasteiger partial charge in [-0.15, -0.1) is 11.8 Å². The van der Waals surface area contributed by atoms with Gasteiger partial charge in [0.2, 0.25) is 5.91 Å². The fourth-order valence-corrected chi connectivity index (χ4v) is 4.69. The molecule has 1 saturated heterocycles. The van der Waals surface area contributed by atoms with E-state index in [1.807, 2.05) is 59.7 Å². The van der Waals surface area contributed by atoms with Crippen molar-refractivity contribution in [2.24, 2.45) is 0 Å². The van der Waals surface area contributed by atoms with Gasteiger partial charge in [0, 0.05) is 36.4 Å². The molecule has 1 fully saturated rings. The Morgan fingerprint density at radius 1 is 0.943 bits per heavy atom. The highest BCUT2D eigenvalue weighted by Gasteiger charge is 2.31. The molecular formula is C28H30N2O4S. The van der Waals surface area contributed by atoms with Gasteiger partial charge in [0.05, 0.1) is 7.11 Å². The summed E-state index contributed by atoms with van der Waals surface area (Å²) < 4.78 is 11.4. The maximum absolute atomic E-state index is 13.6. The molecule has 1 aliphatic heterocycles. The lowest BCUT2D eigenvalue weighted by atomic mass is 10.0. The van der Waals surface area contributed by atoms with E-state index < -0.39 is 6.04 Å². The lowest BCUT2D eigenvalue weighted by Crippen LogP contribution is -2.47. The van der Waals surface area contributed by atoms with Gasteiger partial charge in [-0.2, -0.15) is 0 Å². The second kappa shape index (κ2) is 11.8. The predicted octanol–water partition coefficient (Wildman–Crippen LogP) is 4.96. The van der Waals surface area contributed by atoms with Gasteiger partial charge in [0.1, 0.15) is 23.6 Å². The number of hydrogen-bond acceptors (Lipinski definition) is 5. The second-order valence-electron chi connectivity index (χ2n) is 8.34. The van der Waals surface area contributed by atoms with Crippen molar-refractivity contribution < 1.29 is 19.1 Å². The van der Waals surface area contributed by atoms with E-state index in [-0.39, 0.29) is 17.9 Å². The smallest absolute Gasteiger partial charge is 0.252 e. The average molecular weight is 491 g/mol. The molecule has 1 N–H and O–H groups in total. The first kappa shape index (κ1) is 24.7. The molecule has 3 aromatic rings. The third-order valence-electron chi connectivity index (χ3n) is 6.12. The zero-order valence-corrected chi connectivity index (χ0v) is 20.8. The highest BCUT2D eigenvalue weighted by atomic mass is 32.2. The second-order valence-corrected chi connectivity index (χ2v) is 9.19. The quantitative estimate of drug-likeness (QED) is 0.452. The molecule has 0 aromatic heterocycles. The Bertz CT molecular complexity index is 1130. The van der Waals surface area contributed by atoms with Gasteiger partial charge in [-0.25, -0.2) is 0 Å². The highest BCUT2D eigenvalue weighted by Crippen LogP contribution is 2.30. The van der Waals surface area contributed by atoms with Crippen LogP contribution in [0.15, 0.2) is 83.8 Å². The number of para-hydroxylation sites is 1. The lowest BCUT2D eigenvalue weighted by molar-refractivity contribution is -0.135. The van der Waals surface area contributed by atoms with Gasteiger partial charge >= 0.3 is 0 Å². The van der Waals surface area contributed by atoms with Gasteiger partial charge in [-0.1, -0.05) is 42.5 Å². The summed E-state index contributed by atoms with van der Waals surface area (Å²) in [5.74, 6) is 1.14. The van der Waals surface area contributed by atoms with Gasteiger partial charge in [-0.05, 0) is 48.2 Å². The van der Waals surface area contributed by atoms with Crippen LogP contribution in [0.25, 0.3) is 0 Å². The third-order valence-corrected chi connectivity index (χ3v) is 6.90. The van der Waals surface area contributed by atoms with Crippen LogP contribution >= 0.6 is 11.8 Å². The molecule has 0 saturated carbocycles. The summed E-state index contributed by atoms with van der Waals surface area (Å²) in [6.45, 7) is 1.15. The van der Waals surface area contributed by atoms with E-state index in [1.165, 1.54) is 0 Å². The number of benzene rings is 3. The number of nitrogens with zero attached hydrogens (tertiary/aromatic N) is 1. The van der Waals surface area contributed by atoms with Crippen molar-refractivity contribution >= 4 is 23.6 Å². The molecule has 1 atom stereocenters. The van der Waals surface area contributed by atoms with Crippen LogP contribution in [0.2, 0.25) is 0 Å². The Kier molecular flexibility index (Phi) is 8.32. The third kappa shape index (κ3) is 6.17. The minimum absolute atomic E-state index is 0.0522. The number of carbonyl (C=O) groups is 2. The number of likely N-dealkylation sites (tertiary alicyclic amines) is 1. The number of piperidine rings is 1. The summed E-state index contributed by atoms with van der Waals surface area (Å²) in [6.07, 6.45) is 3.56. The summed E-state index contributed by atoms with van der Waals surface area (Å²) >= 11 is 1.66. The average Bonchev–Trinajstić information content (AvgIpc) is 2.92. The molecule has 1 aliphatic rings. The molecule has 1 heterocycles. The fraction of sp³-hybridized carbons (Fsp3) is 0.286. The van der Waals surface area contributed by atoms with Gasteiger partial charge in [0.25, 0.3) is 5.91 Å². The normalized spacial score (nSPS) is 14.7. The van der Waals surface area contributed by atoms with Crippen molar-refractivity contribution in [3.63, 3.8) is 0 Å². The molecule has 0 spiro atoms. The van der Waals surface area contributed by atoms with Crippen molar-refractivity contribution in [2.45, 2.75) is 29.9 Å². The minimum atomic E-state index is -0.763. The van der Waals surface area contributed by atoms with Crippen LogP contribution in [0.1, 0.15) is 34.8 Å². The van der Waals surface area contributed by atoms with Gasteiger partial charge in [0.15, 0.2) is 0 Å². The Morgan fingerprint density at radius 3 is 2.26 bits per heavy atom. The largest absolute Gasteiger partial charge is 0.497 e. The van der Waals surface area contributed by atoms with Crippen LogP contribution < -0.4 is 14.8 Å². The minimum Gasteiger partial charge on any atom is -0.497 e. The highest BCUT2D eigenvalue weighted by molar-refractivity contribution is 7.98. The van der Waals surface area contributed by atoms with Crippen LogP contribution in [-0.2, 0) is 4.79 Å². The number of nitrogens with one attached hydrogen (secondary N) is 1. The van der Waals surface area contributed by atoms with E-state index in [0.717, 1.165) is 29.1 Å². The van der Waals surface area contributed by atoms with Crippen LogP contribution in [0.3, 0.4) is 0 Å². The Labute approximate surface area is 210 Å². The van der Waals surface area contributed by atoms with E-state index in [2.05, 4.69) is 11.4 Å². The topological polar surface area (TPSA) is 67.9 Å². The van der Waals surface area contributed by atoms with E-state index >= 15 is 0 Å². The molecule has 3 aromatic carbocycles. The van der Waals surface area contributed by atoms with Gasteiger partial charge in [-0.3, -0.25) is 9.59 Å². The van der Waals surface area contributed by atoms with Crippen molar-refractivity contribution in [3.8, 4) is 11.5 Å². The maximum Gasteiger partial charge on any atom is 0.252 e. The molecule has 0 bridgehead atoms. The van der Waals surface area contributed by atoms with Crippen LogP contribution in [0, 0.1) is 0 Å². The number of methoxy groups -OCH3 is 1. The molecule has 6 nitrogen and oxygen atoms in total. The van der Waals surface area contributed by atoms with E-state index in [0.29, 0.717) is 24.4 Å². The standard InChI is InChI=1S/C28H30N2O4S/c1-33-22-14-12-21(13-15-22)27(31)29-26(20-8-4-3-5-9-20)28(32)30-18-16-23(17-19-30)34-24-10-6-7-11-25(24)35-2/h3-15,23,26H,16-19H2,1-2H3,(H,29,31)/t26-/m1/s1. The summed E-state index contributed by atoms with van der Waals surface area (Å²) in [5.41, 5.74) is 1.23. The number of hydrogen-bond donors (Lipinski definition) is 1. The summed E-state index contributed by atoms with van der Waals surface area (Å²) in [4.78, 5) is 29.5.